The molecule has 12 heteroatoms. The lowest BCUT2D eigenvalue weighted by Crippen LogP contribution is -2.45. The van der Waals surface area contributed by atoms with Gasteiger partial charge in [0.25, 0.3) is 0 Å². The number of phenolic OH excluding ortho intramolecular Hbond substituents is 4. The molecule has 2 rings (SSSR count). The highest BCUT2D eigenvalue weighted by Crippen LogP contribution is 2.26. The summed E-state index contributed by atoms with van der Waals surface area (Å²) in [6, 6.07) is 7.08. The molecule has 0 aromatic heterocycles. The fraction of sp³-hybridized carbons (Fsp3) is 0.0909. The third-order valence-corrected chi connectivity index (χ3v) is 4.07. The van der Waals surface area contributed by atoms with Crippen molar-refractivity contribution in [3.05, 3.63) is 59.7 Å². The van der Waals surface area contributed by atoms with E-state index in [1.165, 1.54) is 12.1 Å². The Morgan fingerprint density at radius 3 is 1.26 bits per heavy atom. The summed E-state index contributed by atoms with van der Waals surface area (Å²) in [5.41, 5.74) is 0.455. The lowest BCUT2D eigenvalue weighted by molar-refractivity contribution is -0.183. The second-order valence-electron chi connectivity index (χ2n) is 6.55. The molecule has 0 amide bonds. The Kier molecular flexibility index (Phi) is 8.20. The van der Waals surface area contributed by atoms with E-state index in [0.717, 1.165) is 48.6 Å². The van der Waals surface area contributed by atoms with Crippen LogP contribution in [0.2, 0.25) is 0 Å². The van der Waals surface area contributed by atoms with Crippen LogP contribution in [-0.4, -0.2) is 66.7 Å². The fourth-order valence-corrected chi connectivity index (χ4v) is 2.43. The Bertz CT molecular complexity index is 1070. The molecule has 6 N–H and O–H groups in total. The normalized spacial score (nSPS) is 12.8. The van der Waals surface area contributed by atoms with Crippen molar-refractivity contribution >= 4 is 36.0 Å². The Hall–Kier alpha value is -5.00. The Balaban J connectivity index is 2.11. The molecule has 0 saturated carbocycles. The van der Waals surface area contributed by atoms with Crippen LogP contribution in [0, 0.1) is 0 Å². The van der Waals surface area contributed by atoms with Crippen molar-refractivity contribution in [2.45, 2.75) is 12.2 Å². The van der Waals surface area contributed by atoms with Crippen LogP contribution >= 0.6 is 0 Å². The maximum Gasteiger partial charge on any atom is 0.349 e. The molecule has 178 valence electrons. The highest BCUT2D eigenvalue weighted by Gasteiger charge is 2.40. The molecule has 12 nitrogen and oxygen atoms in total. The van der Waals surface area contributed by atoms with Crippen molar-refractivity contribution < 1.29 is 59.3 Å². The number of esters is 2. The second kappa shape index (κ2) is 11.0. The minimum atomic E-state index is -2.40. The molecule has 0 unspecified atom stereocenters. The number of carboxylic acid groups (broad SMARTS) is 2. The van der Waals surface area contributed by atoms with Gasteiger partial charge < -0.3 is 40.1 Å². The Morgan fingerprint density at radius 1 is 0.618 bits per heavy atom. The summed E-state index contributed by atoms with van der Waals surface area (Å²) in [5.74, 6) is -8.18. The molecular weight excluding hydrogens is 456 g/mol. The third-order valence-electron chi connectivity index (χ3n) is 4.07. The van der Waals surface area contributed by atoms with E-state index in [2.05, 4.69) is 9.47 Å². The van der Waals surface area contributed by atoms with Crippen molar-refractivity contribution in [3.63, 3.8) is 0 Å². The lowest BCUT2D eigenvalue weighted by Gasteiger charge is -2.19. The number of ether oxygens (including phenoxy) is 2. The molecule has 2 aromatic rings. The van der Waals surface area contributed by atoms with Gasteiger partial charge in [0.05, 0.1) is 0 Å². The minimum Gasteiger partial charge on any atom is -0.504 e. The summed E-state index contributed by atoms with van der Waals surface area (Å²) in [4.78, 5) is 46.9. The summed E-state index contributed by atoms with van der Waals surface area (Å²) >= 11 is 0. The van der Waals surface area contributed by atoms with Crippen molar-refractivity contribution in [2.75, 3.05) is 0 Å². The van der Waals surface area contributed by atoms with Crippen molar-refractivity contribution in [2.24, 2.45) is 0 Å². The maximum atomic E-state index is 12.0. The van der Waals surface area contributed by atoms with E-state index in [1.54, 1.807) is 0 Å². The SMILES string of the molecule is O=C(C=Cc1ccc(O)c(O)c1)O[C@H](C(=O)O)[C@@H](OC(=O)C=Cc1ccc(O)c(O)c1)C(=O)O. The second-order valence-corrected chi connectivity index (χ2v) is 6.55. The average Bonchev–Trinajstić information content (AvgIpc) is 2.77. The zero-order valence-corrected chi connectivity index (χ0v) is 17.1. The summed E-state index contributed by atoms with van der Waals surface area (Å²) in [5, 5.41) is 55.9. The van der Waals surface area contributed by atoms with Gasteiger partial charge in [0.15, 0.2) is 23.0 Å². The van der Waals surface area contributed by atoms with Crippen LogP contribution in [-0.2, 0) is 28.7 Å². The van der Waals surface area contributed by atoms with E-state index in [1.807, 2.05) is 0 Å². The van der Waals surface area contributed by atoms with Gasteiger partial charge in [-0.2, -0.15) is 0 Å². The minimum absolute atomic E-state index is 0.228. The van der Waals surface area contributed by atoms with Gasteiger partial charge in [0.2, 0.25) is 12.2 Å². The Morgan fingerprint density at radius 2 is 0.971 bits per heavy atom. The van der Waals surface area contributed by atoms with Gasteiger partial charge in [-0.15, -0.1) is 0 Å². The molecule has 34 heavy (non-hydrogen) atoms. The van der Waals surface area contributed by atoms with Gasteiger partial charge >= 0.3 is 23.9 Å². The van der Waals surface area contributed by atoms with E-state index in [4.69, 9.17) is 0 Å². The first-order valence-corrected chi connectivity index (χ1v) is 9.25. The monoisotopic (exact) mass is 474 g/mol. The van der Waals surface area contributed by atoms with Crippen LogP contribution in [0.25, 0.3) is 12.2 Å². The average molecular weight is 474 g/mol. The number of hydrogen-bond donors (Lipinski definition) is 6. The number of carboxylic acids is 2. The summed E-state index contributed by atoms with van der Waals surface area (Å²) < 4.78 is 9.25. The molecule has 0 aliphatic rings. The van der Waals surface area contributed by atoms with Crippen LogP contribution in [0.1, 0.15) is 11.1 Å². The highest BCUT2D eigenvalue weighted by molar-refractivity contribution is 5.93. The van der Waals surface area contributed by atoms with Gasteiger partial charge in [0.1, 0.15) is 0 Å². The van der Waals surface area contributed by atoms with E-state index in [9.17, 15) is 49.8 Å². The number of benzene rings is 2. The number of carbonyl (C=O) groups excluding carboxylic acids is 2. The molecule has 0 saturated heterocycles. The maximum absolute atomic E-state index is 12.0. The number of aromatic hydroxyl groups is 4. The fourth-order valence-electron chi connectivity index (χ4n) is 2.43. The molecule has 0 bridgehead atoms. The van der Waals surface area contributed by atoms with E-state index < -0.39 is 59.1 Å². The molecule has 0 spiro atoms. The topological polar surface area (TPSA) is 208 Å². The third kappa shape index (κ3) is 7.02. The van der Waals surface area contributed by atoms with Crippen LogP contribution in [0.3, 0.4) is 0 Å². The molecule has 0 fully saturated rings. The first kappa shape index (κ1) is 25.3. The van der Waals surface area contributed by atoms with Crippen LogP contribution in [0.4, 0.5) is 0 Å². The molecule has 2 aromatic carbocycles. The summed E-state index contributed by atoms with van der Waals surface area (Å²) in [6.45, 7) is 0. The van der Waals surface area contributed by atoms with Crippen LogP contribution in [0.5, 0.6) is 23.0 Å². The molecule has 0 heterocycles. The van der Waals surface area contributed by atoms with Crippen LogP contribution < -0.4 is 0 Å². The van der Waals surface area contributed by atoms with Crippen LogP contribution in [0.15, 0.2) is 48.6 Å². The Labute approximate surface area is 190 Å². The van der Waals surface area contributed by atoms with E-state index in [0.29, 0.717) is 0 Å². The summed E-state index contributed by atoms with van der Waals surface area (Å²) in [7, 11) is 0. The molecule has 2 atom stereocenters. The number of aliphatic carboxylic acids is 2. The first-order valence-electron chi connectivity index (χ1n) is 9.25. The zero-order chi connectivity index (χ0) is 25.4. The smallest absolute Gasteiger partial charge is 0.349 e. The number of carbonyl (C=O) groups is 4. The predicted octanol–water partition coefficient (Wildman–Crippen LogP) is 1.23. The molecule has 0 aliphatic carbocycles. The number of rotatable bonds is 9. The predicted molar refractivity (Wildman–Crippen MR) is 113 cm³/mol. The molecular formula is C22H18O12. The van der Waals surface area contributed by atoms with E-state index in [-0.39, 0.29) is 11.1 Å². The van der Waals surface area contributed by atoms with Crippen molar-refractivity contribution in [1.82, 2.24) is 0 Å². The largest absolute Gasteiger partial charge is 0.504 e. The first-order chi connectivity index (χ1) is 16.0. The quantitative estimate of drug-likeness (QED) is 0.172. The molecule has 0 aliphatic heterocycles. The van der Waals surface area contributed by atoms with Gasteiger partial charge in [0, 0.05) is 12.2 Å². The van der Waals surface area contributed by atoms with Crippen molar-refractivity contribution in [3.8, 4) is 23.0 Å². The van der Waals surface area contributed by atoms with Gasteiger partial charge in [-0.25, -0.2) is 19.2 Å². The molecule has 0 radical (unpaired) electrons. The lowest BCUT2D eigenvalue weighted by atomic mass is 10.2. The zero-order valence-electron chi connectivity index (χ0n) is 17.1. The van der Waals surface area contributed by atoms with Gasteiger partial charge in [-0.05, 0) is 47.5 Å². The number of hydrogen-bond acceptors (Lipinski definition) is 10. The van der Waals surface area contributed by atoms with E-state index >= 15 is 0 Å². The standard InChI is InChI=1S/C22H18O12/c23-13-5-1-11(9-15(13)25)3-7-17(27)33-19(21(29)30)20(22(31)32)34-18(28)8-4-12-2-6-14(24)16(26)10-12/h1-10,19-20,23-26H,(H,29,30)(H,31,32)/t19-,20+. The number of phenols is 4. The highest BCUT2D eigenvalue weighted by atomic mass is 16.6. The van der Waals surface area contributed by atoms with Crippen molar-refractivity contribution in [1.29, 1.82) is 0 Å². The van der Waals surface area contributed by atoms with Gasteiger partial charge in [-0.3, -0.25) is 0 Å². The summed E-state index contributed by atoms with van der Waals surface area (Å²) in [6.07, 6.45) is -1.15. The van der Waals surface area contributed by atoms with Gasteiger partial charge in [-0.1, -0.05) is 12.1 Å².